The van der Waals surface area contributed by atoms with Crippen LogP contribution >= 0.6 is 0 Å². The van der Waals surface area contributed by atoms with Gasteiger partial charge in [-0.3, -0.25) is 0 Å². The van der Waals surface area contributed by atoms with Crippen molar-refractivity contribution in [3.63, 3.8) is 0 Å². The third-order valence-electron chi connectivity index (χ3n) is 4.75. The van der Waals surface area contributed by atoms with Crippen LogP contribution in [0.5, 0.6) is 0 Å². The van der Waals surface area contributed by atoms with Crippen molar-refractivity contribution in [2.75, 3.05) is 18.5 Å². The van der Waals surface area contributed by atoms with Crippen LogP contribution in [0.2, 0.25) is 0 Å². The number of halogens is 2. The molecule has 1 unspecified atom stereocenters. The van der Waals surface area contributed by atoms with E-state index in [0.29, 0.717) is 16.6 Å². The largest absolute Gasteiger partial charge is 0.399 e. The fraction of sp³-hybridized carbons (Fsp3) is 0.350. The lowest BCUT2D eigenvalue weighted by Crippen LogP contribution is -2.45. The number of aliphatic hydroxyl groups excluding tert-OH is 1. The van der Waals surface area contributed by atoms with E-state index in [4.69, 9.17) is 16.7 Å². The van der Waals surface area contributed by atoms with Gasteiger partial charge in [-0.15, -0.1) is 0 Å². The summed E-state index contributed by atoms with van der Waals surface area (Å²) in [5, 5.41) is 14.0. The van der Waals surface area contributed by atoms with Crippen molar-refractivity contribution in [2.45, 2.75) is 26.8 Å². The van der Waals surface area contributed by atoms with E-state index in [1.807, 2.05) is 20.8 Å². The van der Waals surface area contributed by atoms with Crippen LogP contribution in [-0.4, -0.2) is 49.2 Å². The van der Waals surface area contributed by atoms with Crippen molar-refractivity contribution in [1.82, 2.24) is 24.9 Å². The third-order valence-corrected chi connectivity index (χ3v) is 4.75. The van der Waals surface area contributed by atoms with Gasteiger partial charge in [-0.25, -0.2) is 29.6 Å². The maximum Gasteiger partial charge on any atom is 0.183 e. The highest BCUT2D eigenvalue weighted by Crippen LogP contribution is 2.28. The Balaban J connectivity index is 1.93. The number of nitrogens with zero attached hydrogens (tertiary/aromatic N) is 4. The van der Waals surface area contributed by atoms with Gasteiger partial charge in [-0.2, -0.15) is 0 Å². The first-order valence-corrected chi connectivity index (χ1v) is 9.59. The normalized spacial score (nSPS) is 13.5. The van der Waals surface area contributed by atoms with E-state index in [9.17, 15) is 8.78 Å². The Morgan fingerprint density at radius 3 is 2.74 bits per heavy atom. The molecule has 166 valence electrons. The van der Waals surface area contributed by atoms with Crippen molar-refractivity contribution in [1.29, 1.82) is 0 Å². The van der Waals surface area contributed by atoms with Crippen LogP contribution in [0.1, 0.15) is 20.8 Å². The smallest absolute Gasteiger partial charge is 0.183 e. The number of hydrazine groups is 1. The first-order chi connectivity index (χ1) is 14.6. The van der Waals surface area contributed by atoms with Crippen LogP contribution in [0.15, 0.2) is 36.6 Å². The zero-order valence-electron chi connectivity index (χ0n) is 17.5. The highest BCUT2D eigenvalue weighted by atomic mass is 19.1. The fourth-order valence-corrected chi connectivity index (χ4v) is 2.98. The van der Waals surface area contributed by atoms with E-state index in [-0.39, 0.29) is 41.9 Å². The second-order valence-electron chi connectivity index (χ2n) is 8.26. The molecule has 0 aliphatic carbocycles. The van der Waals surface area contributed by atoms with Gasteiger partial charge in [0.05, 0.1) is 37.3 Å². The zero-order valence-corrected chi connectivity index (χ0v) is 17.5. The highest BCUT2D eigenvalue weighted by Gasteiger charge is 2.27. The number of anilines is 1. The predicted molar refractivity (Wildman–Crippen MR) is 114 cm³/mol. The number of aromatic amines is 1. The number of rotatable bonds is 7. The summed E-state index contributed by atoms with van der Waals surface area (Å²) >= 11 is 0. The van der Waals surface area contributed by atoms with Gasteiger partial charge in [0.25, 0.3) is 0 Å². The van der Waals surface area contributed by atoms with Crippen molar-refractivity contribution in [3.05, 3.63) is 48.2 Å². The number of pyridine rings is 1. The van der Waals surface area contributed by atoms with Crippen LogP contribution in [-0.2, 0) is 0 Å². The van der Waals surface area contributed by atoms with Gasteiger partial charge < -0.3 is 26.1 Å². The summed E-state index contributed by atoms with van der Waals surface area (Å²) in [5.74, 6) is 5.03. The quantitative estimate of drug-likeness (QED) is 0.282. The molecule has 0 aliphatic heterocycles. The Bertz CT molecular complexity index is 1090. The Morgan fingerprint density at radius 1 is 1.32 bits per heavy atom. The van der Waals surface area contributed by atoms with Crippen molar-refractivity contribution in [2.24, 2.45) is 17.0 Å². The fourth-order valence-electron chi connectivity index (χ4n) is 2.98. The lowest BCUT2D eigenvalue weighted by molar-refractivity contribution is 0.257. The topological polar surface area (TPSA) is 142 Å². The van der Waals surface area contributed by atoms with Crippen molar-refractivity contribution < 1.29 is 13.9 Å². The van der Waals surface area contributed by atoms with E-state index >= 15 is 0 Å². The first kappa shape index (κ1) is 22.4. The van der Waals surface area contributed by atoms with E-state index in [1.54, 1.807) is 6.20 Å². The molecule has 0 amide bonds. The summed E-state index contributed by atoms with van der Waals surface area (Å²) < 4.78 is 28.2. The Labute approximate surface area is 178 Å². The molecule has 7 N–H and O–H groups in total. The lowest BCUT2D eigenvalue weighted by Gasteiger charge is -2.34. The molecule has 0 saturated heterocycles. The molecule has 3 heterocycles. The molecule has 0 bridgehead atoms. The third kappa shape index (κ3) is 5.25. The average Bonchev–Trinajstić information content (AvgIpc) is 3.11. The maximum atomic E-state index is 14.6. The molecule has 31 heavy (non-hydrogen) atoms. The summed E-state index contributed by atoms with van der Waals surface area (Å²) in [7, 11) is 0. The van der Waals surface area contributed by atoms with Crippen molar-refractivity contribution in [3.8, 4) is 11.4 Å². The minimum atomic E-state index is -0.642. The van der Waals surface area contributed by atoms with Crippen LogP contribution in [0.4, 0.5) is 14.6 Å². The number of hydrogen-bond donors (Lipinski definition) is 5. The van der Waals surface area contributed by atoms with Gasteiger partial charge >= 0.3 is 0 Å². The van der Waals surface area contributed by atoms with Gasteiger partial charge in [0.1, 0.15) is 11.5 Å². The summed E-state index contributed by atoms with van der Waals surface area (Å²) in [5.41, 5.74) is 6.44. The van der Waals surface area contributed by atoms with Gasteiger partial charge in [0.2, 0.25) is 0 Å². The van der Waals surface area contributed by atoms with Crippen LogP contribution < -0.4 is 16.9 Å². The van der Waals surface area contributed by atoms with Crippen molar-refractivity contribution >= 4 is 16.9 Å². The molecule has 3 aromatic rings. The molecule has 3 aromatic heterocycles. The molecule has 0 radical (unpaired) electrons. The van der Waals surface area contributed by atoms with Gasteiger partial charge in [-0.1, -0.05) is 20.8 Å². The second kappa shape index (κ2) is 8.82. The van der Waals surface area contributed by atoms with Gasteiger partial charge in [0, 0.05) is 23.3 Å². The molecule has 0 aliphatic rings. The number of hydrogen-bond acceptors (Lipinski definition) is 8. The Morgan fingerprint density at radius 2 is 2.06 bits per heavy atom. The molecule has 0 spiro atoms. The van der Waals surface area contributed by atoms with Crippen LogP contribution in [0, 0.1) is 17.0 Å². The summed E-state index contributed by atoms with van der Waals surface area (Å²) in [6.07, 6.45) is 5.17. The molecule has 0 saturated carbocycles. The number of H-pyrrole nitrogens is 1. The number of aromatic nitrogens is 4. The number of aliphatic hydroxyl groups is 1. The van der Waals surface area contributed by atoms with E-state index in [2.05, 4.69) is 25.3 Å². The van der Waals surface area contributed by atoms with Crippen LogP contribution in [0.25, 0.3) is 22.4 Å². The van der Waals surface area contributed by atoms with E-state index in [1.165, 1.54) is 17.3 Å². The predicted octanol–water partition coefficient (Wildman–Crippen LogP) is 2.09. The van der Waals surface area contributed by atoms with Gasteiger partial charge in [0.15, 0.2) is 17.5 Å². The summed E-state index contributed by atoms with van der Waals surface area (Å²) in [6, 6.07) is 0.968. The molecule has 11 heteroatoms. The lowest BCUT2D eigenvalue weighted by atomic mass is 9.86. The molecule has 3 rings (SSSR count). The first-order valence-electron chi connectivity index (χ1n) is 9.59. The number of nitrogens with one attached hydrogen (secondary N) is 2. The van der Waals surface area contributed by atoms with E-state index in [0.717, 1.165) is 12.4 Å². The monoisotopic (exact) mass is 432 g/mol. The number of fused-ring (bicyclic) bond motifs is 1. The van der Waals surface area contributed by atoms with Crippen LogP contribution in [0.3, 0.4) is 0 Å². The molecule has 0 fully saturated rings. The van der Waals surface area contributed by atoms with Gasteiger partial charge in [-0.05, 0) is 11.5 Å². The molecule has 9 nitrogen and oxygen atoms in total. The second-order valence-corrected chi connectivity index (χ2v) is 8.26. The van der Waals surface area contributed by atoms with E-state index < -0.39 is 11.6 Å². The summed E-state index contributed by atoms with van der Waals surface area (Å²) in [6.45, 7) is 5.82. The Hall–Kier alpha value is -3.31. The molecular weight excluding hydrogens is 406 g/mol. The average molecular weight is 432 g/mol. The molecule has 1 atom stereocenters. The molecular formula is C20H26F2N8O. The molecule has 0 aromatic carbocycles. The highest BCUT2D eigenvalue weighted by molar-refractivity contribution is 5.91. The maximum absolute atomic E-state index is 14.6. The minimum Gasteiger partial charge on any atom is -0.399 e. The number of nitrogens with two attached hydrogens (primary N) is 2. The minimum absolute atomic E-state index is 0.0175. The SMILES string of the molecule is CC(C)(C)C(CN(N)/C=C(\N)CO)Nc1nc(-c2c[nH]c3ncc(F)cc23)ncc1F. The zero-order chi connectivity index (χ0) is 22.8. The Kier molecular flexibility index (Phi) is 6.37. The standard InChI is InChI=1S/C20H26F2N8O/c1-20(2,3)16(9-30(24)8-12(23)10-31)28-19-15(22)7-27-18(29-19)14-6-26-17-13(14)4-11(21)5-25-17/h4-8,16,31H,9-10,23-24H2,1-3H3,(H,25,26)(H,27,28,29)/b12-8-. The summed E-state index contributed by atoms with van der Waals surface area (Å²) in [4.78, 5) is 15.3.